The molecule has 0 aliphatic carbocycles. The van der Waals surface area contributed by atoms with Gasteiger partial charge in [-0.25, -0.2) is 9.97 Å². The van der Waals surface area contributed by atoms with Crippen molar-refractivity contribution in [1.29, 1.82) is 0 Å². The Kier molecular flexibility index (Phi) is 2.94. The van der Waals surface area contributed by atoms with Crippen LogP contribution in [0, 0.1) is 19.3 Å². The highest BCUT2D eigenvalue weighted by molar-refractivity contribution is 7.99. The van der Waals surface area contributed by atoms with Crippen LogP contribution >= 0.6 is 11.8 Å². The monoisotopic (exact) mass is 179 g/mol. The standard InChI is InChI=1S/C8H9N3S/c1-3-4-12-8-10-6(2)5-7(9)11-8/h1,5H,4H2,2H3,(H2,9,10,11). The smallest absolute Gasteiger partial charge is 0.190 e. The molecule has 1 heterocycles. The molecular weight excluding hydrogens is 170 g/mol. The number of nitrogens with two attached hydrogens (primary N) is 1. The van der Waals surface area contributed by atoms with E-state index in [1.54, 1.807) is 6.07 Å². The van der Waals surface area contributed by atoms with Crippen LogP contribution in [-0.2, 0) is 0 Å². The van der Waals surface area contributed by atoms with Crippen molar-refractivity contribution in [2.24, 2.45) is 0 Å². The maximum atomic E-state index is 5.52. The van der Waals surface area contributed by atoms with Gasteiger partial charge in [-0.3, -0.25) is 0 Å². The molecule has 0 amide bonds. The molecule has 3 nitrogen and oxygen atoms in total. The number of thioether (sulfide) groups is 1. The molecule has 0 bridgehead atoms. The summed E-state index contributed by atoms with van der Waals surface area (Å²) in [5.41, 5.74) is 6.38. The molecule has 0 aliphatic heterocycles. The van der Waals surface area contributed by atoms with Crippen LogP contribution in [0.4, 0.5) is 5.82 Å². The van der Waals surface area contributed by atoms with Gasteiger partial charge in [0.2, 0.25) is 0 Å². The SMILES string of the molecule is C#CCSc1nc(C)cc(N)n1. The van der Waals surface area contributed by atoms with Crippen molar-refractivity contribution in [2.75, 3.05) is 11.5 Å². The predicted molar refractivity (Wildman–Crippen MR) is 50.7 cm³/mol. The Morgan fingerprint density at radius 3 is 3.00 bits per heavy atom. The summed E-state index contributed by atoms with van der Waals surface area (Å²) in [6.45, 7) is 1.87. The molecule has 0 radical (unpaired) electrons. The Hall–Kier alpha value is -1.21. The number of rotatable bonds is 2. The molecule has 0 spiro atoms. The Morgan fingerprint density at radius 1 is 1.67 bits per heavy atom. The van der Waals surface area contributed by atoms with Crippen LogP contribution in [0.15, 0.2) is 11.2 Å². The van der Waals surface area contributed by atoms with Gasteiger partial charge >= 0.3 is 0 Å². The van der Waals surface area contributed by atoms with E-state index in [1.165, 1.54) is 11.8 Å². The molecule has 0 saturated heterocycles. The van der Waals surface area contributed by atoms with Gasteiger partial charge < -0.3 is 5.73 Å². The van der Waals surface area contributed by atoms with Crippen LogP contribution in [0.25, 0.3) is 0 Å². The predicted octanol–water partition coefficient (Wildman–Crippen LogP) is 1.09. The van der Waals surface area contributed by atoms with Crippen molar-refractivity contribution in [1.82, 2.24) is 9.97 Å². The van der Waals surface area contributed by atoms with Gasteiger partial charge in [-0.05, 0) is 6.92 Å². The second-order valence-electron chi connectivity index (χ2n) is 2.21. The molecule has 1 aromatic rings. The van der Waals surface area contributed by atoms with Crippen LogP contribution in [0.3, 0.4) is 0 Å². The van der Waals surface area contributed by atoms with Crippen LogP contribution < -0.4 is 5.73 Å². The van der Waals surface area contributed by atoms with E-state index >= 15 is 0 Å². The molecule has 1 aromatic heterocycles. The van der Waals surface area contributed by atoms with E-state index in [1.807, 2.05) is 6.92 Å². The van der Waals surface area contributed by atoms with Crippen molar-refractivity contribution in [2.45, 2.75) is 12.1 Å². The average Bonchev–Trinajstić information content (AvgIpc) is 1.99. The third kappa shape index (κ3) is 2.44. The molecular formula is C8H9N3S. The largest absolute Gasteiger partial charge is 0.384 e. The van der Waals surface area contributed by atoms with Crippen molar-refractivity contribution < 1.29 is 0 Å². The lowest BCUT2D eigenvalue weighted by Gasteiger charge is -1.99. The maximum Gasteiger partial charge on any atom is 0.190 e. The number of aryl methyl sites for hydroxylation is 1. The van der Waals surface area contributed by atoms with Gasteiger partial charge in [-0.15, -0.1) is 6.42 Å². The van der Waals surface area contributed by atoms with E-state index in [4.69, 9.17) is 12.2 Å². The maximum absolute atomic E-state index is 5.52. The van der Waals surface area contributed by atoms with Crippen LogP contribution in [-0.4, -0.2) is 15.7 Å². The zero-order valence-electron chi connectivity index (χ0n) is 6.74. The highest BCUT2D eigenvalue weighted by Crippen LogP contribution is 2.13. The van der Waals surface area contributed by atoms with Gasteiger partial charge in [-0.1, -0.05) is 17.7 Å². The number of terminal acetylenes is 1. The third-order valence-corrected chi connectivity index (χ3v) is 1.89. The Morgan fingerprint density at radius 2 is 2.42 bits per heavy atom. The van der Waals surface area contributed by atoms with Gasteiger partial charge in [0.15, 0.2) is 5.16 Å². The summed E-state index contributed by atoms with van der Waals surface area (Å²) in [6, 6.07) is 1.72. The Balaban J connectivity index is 2.80. The van der Waals surface area contributed by atoms with E-state index in [2.05, 4.69) is 15.9 Å². The molecule has 4 heteroatoms. The van der Waals surface area contributed by atoms with E-state index in [-0.39, 0.29) is 0 Å². The minimum Gasteiger partial charge on any atom is -0.384 e. The van der Waals surface area contributed by atoms with Crippen molar-refractivity contribution in [3.05, 3.63) is 11.8 Å². The minimum absolute atomic E-state index is 0.488. The van der Waals surface area contributed by atoms with Crippen molar-refractivity contribution in [3.8, 4) is 12.3 Å². The quantitative estimate of drug-likeness (QED) is 0.419. The second-order valence-corrected chi connectivity index (χ2v) is 3.15. The van der Waals surface area contributed by atoms with E-state index < -0.39 is 0 Å². The molecule has 2 N–H and O–H groups in total. The van der Waals surface area contributed by atoms with Gasteiger partial charge in [0, 0.05) is 11.8 Å². The summed E-state index contributed by atoms with van der Waals surface area (Å²) in [6.07, 6.45) is 5.09. The zero-order chi connectivity index (χ0) is 8.97. The van der Waals surface area contributed by atoms with E-state index in [0.717, 1.165) is 5.69 Å². The molecule has 0 fully saturated rings. The Labute approximate surface area is 75.8 Å². The topological polar surface area (TPSA) is 51.8 Å². The Bertz CT molecular complexity index is 296. The lowest BCUT2D eigenvalue weighted by molar-refractivity contribution is 0.942. The first-order valence-electron chi connectivity index (χ1n) is 3.40. The molecule has 12 heavy (non-hydrogen) atoms. The van der Waals surface area contributed by atoms with Crippen LogP contribution in [0.2, 0.25) is 0 Å². The van der Waals surface area contributed by atoms with Gasteiger partial charge in [-0.2, -0.15) is 0 Å². The summed E-state index contributed by atoms with van der Waals surface area (Å²) in [4.78, 5) is 8.15. The molecule has 0 saturated carbocycles. The molecule has 0 unspecified atom stereocenters. The highest BCUT2D eigenvalue weighted by atomic mass is 32.2. The van der Waals surface area contributed by atoms with Crippen molar-refractivity contribution >= 4 is 17.6 Å². The van der Waals surface area contributed by atoms with Crippen LogP contribution in [0.1, 0.15) is 5.69 Å². The fraction of sp³-hybridized carbons (Fsp3) is 0.250. The summed E-state index contributed by atoms with van der Waals surface area (Å²) < 4.78 is 0. The van der Waals surface area contributed by atoms with E-state index in [9.17, 15) is 0 Å². The van der Waals surface area contributed by atoms with Gasteiger partial charge in [0.05, 0.1) is 5.75 Å². The number of anilines is 1. The summed E-state index contributed by atoms with van der Waals surface area (Å²) in [7, 11) is 0. The molecule has 0 aromatic carbocycles. The number of hydrogen-bond acceptors (Lipinski definition) is 4. The normalized spacial score (nSPS) is 9.33. The number of aromatic nitrogens is 2. The zero-order valence-corrected chi connectivity index (χ0v) is 7.56. The molecule has 0 aliphatic rings. The lowest BCUT2D eigenvalue weighted by Crippen LogP contribution is -1.96. The summed E-state index contributed by atoms with van der Waals surface area (Å²) in [5, 5.41) is 0.644. The number of nitrogen functional groups attached to an aromatic ring is 1. The van der Waals surface area contributed by atoms with Gasteiger partial charge in [0.25, 0.3) is 0 Å². The summed E-state index contributed by atoms with van der Waals surface area (Å²) >= 11 is 1.41. The number of hydrogen-bond donors (Lipinski definition) is 1. The second kappa shape index (κ2) is 3.98. The molecule has 62 valence electrons. The van der Waals surface area contributed by atoms with Crippen LogP contribution in [0.5, 0.6) is 0 Å². The first-order valence-corrected chi connectivity index (χ1v) is 4.38. The highest BCUT2D eigenvalue weighted by Gasteiger charge is 1.98. The lowest BCUT2D eigenvalue weighted by atomic mass is 10.4. The van der Waals surface area contributed by atoms with E-state index in [0.29, 0.717) is 16.7 Å². The molecule has 1 rings (SSSR count). The minimum atomic E-state index is 0.488. The fourth-order valence-corrected chi connectivity index (χ4v) is 1.33. The fourth-order valence-electron chi connectivity index (χ4n) is 0.736. The van der Waals surface area contributed by atoms with Crippen molar-refractivity contribution in [3.63, 3.8) is 0 Å². The average molecular weight is 179 g/mol. The first-order chi connectivity index (χ1) is 5.72. The molecule has 0 atom stereocenters. The first kappa shape index (κ1) is 8.88. The van der Waals surface area contributed by atoms with Gasteiger partial charge in [0.1, 0.15) is 5.82 Å². The number of nitrogens with zero attached hydrogens (tertiary/aromatic N) is 2. The third-order valence-electron chi connectivity index (χ3n) is 1.14. The summed E-state index contributed by atoms with van der Waals surface area (Å²) in [5.74, 6) is 3.56.